The van der Waals surface area contributed by atoms with E-state index < -0.39 is 0 Å². The number of hydrogen-bond donors (Lipinski definition) is 0. The Bertz CT molecular complexity index is 546. The van der Waals surface area contributed by atoms with Crippen molar-refractivity contribution in [1.29, 1.82) is 0 Å². The van der Waals surface area contributed by atoms with E-state index in [1.54, 1.807) is 0 Å². The number of esters is 1. The lowest BCUT2D eigenvalue weighted by Crippen LogP contribution is -2.06. The molecule has 0 fully saturated rings. The number of aryl methyl sites for hydroxylation is 1. The molecule has 0 aromatic heterocycles. The molecule has 3 heteroatoms. The monoisotopic (exact) mass is 376 g/mol. The van der Waals surface area contributed by atoms with Crippen molar-refractivity contribution in [2.45, 2.75) is 79.1 Å². The van der Waals surface area contributed by atoms with Crippen LogP contribution in [0.25, 0.3) is 4.91 Å². The fraction of sp³-hybridized carbons (Fsp3) is 0.609. The average molecular weight is 377 g/mol. The summed E-state index contributed by atoms with van der Waals surface area (Å²) in [5.41, 5.74) is 3.76. The van der Waals surface area contributed by atoms with E-state index in [2.05, 4.69) is 45.0 Å². The highest BCUT2D eigenvalue weighted by molar-refractivity contribution is 8.08. The maximum atomic E-state index is 12.2. The second-order valence-electron chi connectivity index (χ2n) is 6.79. The Morgan fingerprint density at radius 2 is 1.65 bits per heavy atom. The number of carbonyl (C=O) groups excluding carboxylic acids is 1. The van der Waals surface area contributed by atoms with E-state index in [9.17, 15) is 4.79 Å². The summed E-state index contributed by atoms with van der Waals surface area (Å²) < 4.78 is 5.25. The fourth-order valence-electron chi connectivity index (χ4n) is 2.85. The summed E-state index contributed by atoms with van der Waals surface area (Å²) >= 11 is 1.91. The Morgan fingerprint density at radius 3 is 2.27 bits per heavy atom. The first-order valence-corrected chi connectivity index (χ1v) is 11.2. The highest BCUT2D eigenvalue weighted by atomic mass is 32.2. The van der Waals surface area contributed by atoms with Crippen LogP contribution in [0.3, 0.4) is 0 Å². The third-order valence-electron chi connectivity index (χ3n) is 4.37. The van der Waals surface area contributed by atoms with Crippen LogP contribution in [0.1, 0.15) is 83.3 Å². The van der Waals surface area contributed by atoms with Gasteiger partial charge >= 0.3 is 5.97 Å². The molecule has 0 unspecified atom stereocenters. The number of benzene rings is 1. The van der Waals surface area contributed by atoms with E-state index in [1.165, 1.54) is 53.7 Å². The van der Waals surface area contributed by atoms with E-state index in [1.807, 2.05) is 18.7 Å². The van der Waals surface area contributed by atoms with Gasteiger partial charge in [0.1, 0.15) is 0 Å². The molecule has 1 rings (SSSR count). The van der Waals surface area contributed by atoms with Gasteiger partial charge in [-0.2, -0.15) is 0 Å². The molecule has 0 spiro atoms. The van der Waals surface area contributed by atoms with Crippen molar-refractivity contribution in [3.05, 3.63) is 41.0 Å². The van der Waals surface area contributed by atoms with Gasteiger partial charge in [0.15, 0.2) is 0 Å². The minimum atomic E-state index is -0.0984. The molecular weight excluding hydrogens is 340 g/mol. The zero-order chi connectivity index (χ0) is 19.2. The van der Waals surface area contributed by atoms with Crippen molar-refractivity contribution in [2.24, 2.45) is 0 Å². The normalized spacial score (nSPS) is 12.0. The molecule has 0 N–H and O–H groups in total. The Balaban J connectivity index is 3.09. The van der Waals surface area contributed by atoms with Gasteiger partial charge < -0.3 is 4.74 Å². The Labute approximate surface area is 164 Å². The molecular formula is C23H36O2S. The molecule has 0 saturated carbocycles. The van der Waals surface area contributed by atoms with Crippen molar-refractivity contribution in [3.63, 3.8) is 0 Å². The van der Waals surface area contributed by atoms with Crippen molar-refractivity contribution in [2.75, 3.05) is 12.4 Å². The minimum absolute atomic E-state index is 0.0984. The molecule has 0 radical (unpaired) electrons. The van der Waals surface area contributed by atoms with Gasteiger partial charge in [0.2, 0.25) is 0 Å². The van der Waals surface area contributed by atoms with Crippen molar-refractivity contribution >= 4 is 22.6 Å². The standard InChI is InChI=1S/C23H36O2S/c1-5-8-10-11-12-21(18-22(24)25-7-3)23(26-17-9-6-2)20-15-13-19(4)14-16-20/h13-16H,5-12,17-18H2,1-4H3/b23-21-. The molecule has 0 heterocycles. The quantitative estimate of drug-likeness (QED) is 0.270. The van der Waals surface area contributed by atoms with E-state index >= 15 is 0 Å². The van der Waals surface area contributed by atoms with E-state index in [4.69, 9.17) is 4.74 Å². The van der Waals surface area contributed by atoms with Gasteiger partial charge in [-0.3, -0.25) is 4.79 Å². The molecule has 0 bridgehead atoms. The van der Waals surface area contributed by atoms with Crippen LogP contribution < -0.4 is 0 Å². The van der Waals surface area contributed by atoms with Crippen LogP contribution in [0.4, 0.5) is 0 Å². The number of unbranched alkanes of at least 4 members (excludes halogenated alkanes) is 4. The second-order valence-corrected chi connectivity index (χ2v) is 7.90. The SMILES string of the molecule is CCCCCC/C(CC(=O)OCC)=C(/SCCCC)c1ccc(C)cc1. The van der Waals surface area contributed by atoms with E-state index in [-0.39, 0.29) is 5.97 Å². The largest absolute Gasteiger partial charge is 0.466 e. The maximum absolute atomic E-state index is 12.2. The topological polar surface area (TPSA) is 26.3 Å². The zero-order valence-corrected chi connectivity index (χ0v) is 17.9. The minimum Gasteiger partial charge on any atom is -0.466 e. The van der Waals surface area contributed by atoms with Crippen molar-refractivity contribution in [3.8, 4) is 0 Å². The predicted octanol–water partition coefficient (Wildman–Crippen LogP) is 7.16. The molecule has 26 heavy (non-hydrogen) atoms. The number of hydrogen-bond acceptors (Lipinski definition) is 3. The molecule has 0 aliphatic rings. The Morgan fingerprint density at radius 1 is 0.962 bits per heavy atom. The zero-order valence-electron chi connectivity index (χ0n) is 17.1. The summed E-state index contributed by atoms with van der Waals surface area (Å²) in [4.78, 5) is 13.5. The highest BCUT2D eigenvalue weighted by Crippen LogP contribution is 2.35. The van der Waals surface area contributed by atoms with Crippen molar-refractivity contribution in [1.82, 2.24) is 0 Å². The van der Waals surface area contributed by atoms with E-state index in [0.29, 0.717) is 13.0 Å². The van der Waals surface area contributed by atoms with Crippen molar-refractivity contribution < 1.29 is 9.53 Å². The Hall–Kier alpha value is -1.22. The molecule has 0 amide bonds. The van der Waals surface area contributed by atoms with Crippen LogP contribution in [0, 0.1) is 6.92 Å². The summed E-state index contributed by atoms with van der Waals surface area (Å²) in [6.45, 7) is 8.89. The van der Waals surface area contributed by atoms with Crippen LogP contribution in [0.5, 0.6) is 0 Å². The summed E-state index contributed by atoms with van der Waals surface area (Å²) in [7, 11) is 0. The summed E-state index contributed by atoms with van der Waals surface area (Å²) in [5, 5.41) is 0. The van der Waals surface area contributed by atoms with Crippen LogP contribution >= 0.6 is 11.8 Å². The fourth-order valence-corrected chi connectivity index (χ4v) is 4.16. The van der Waals surface area contributed by atoms with Crippen LogP contribution in [-0.2, 0) is 9.53 Å². The lowest BCUT2D eigenvalue weighted by molar-refractivity contribution is -0.142. The first-order chi connectivity index (χ1) is 12.6. The molecule has 0 atom stereocenters. The number of thioether (sulfide) groups is 1. The third kappa shape index (κ3) is 8.93. The molecule has 0 saturated heterocycles. The first kappa shape index (κ1) is 22.8. The first-order valence-electron chi connectivity index (χ1n) is 10.2. The lowest BCUT2D eigenvalue weighted by Gasteiger charge is -2.16. The van der Waals surface area contributed by atoms with Gasteiger partial charge in [0.25, 0.3) is 0 Å². The lowest BCUT2D eigenvalue weighted by atomic mass is 10.00. The van der Waals surface area contributed by atoms with Gasteiger partial charge in [-0.1, -0.05) is 69.4 Å². The van der Waals surface area contributed by atoms with Crippen LogP contribution in [-0.4, -0.2) is 18.3 Å². The third-order valence-corrected chi connectivity index (χ3v) is 5.68. The van der Waals surface area contributed by atoms with Gasteiger partial charge in [-0.15, -0.1) is 11.8 Å². The van der Waals surface area contributed by atoms with Crippen LogP contribution in [0.2, 0.25) is 0 Å². The number of carbonyl (C=O) groups is 1. The second kappa shape index (κ2) is 13.9. The van der Waals surface area contributed by atoms with E-state index in [0.717, 1.165) is 18.6 Å². The van der Waals surface area contributed by atoms with Gasteiger partial charge in [-0.05, 0) is 50.0 Å². The average Bonchev–Trinajstić information content (AvgIpc) is 2.63. The van der Waals surface area contributed by atoms with Crippen LogP contribution in [0.15, 0.2) is 29.8 Å². The van der Waals surface area contributed by atoms with Gasteiger partial charge in [0.05, 0.1) is 13.0 Å². The van der Waals surface area contributed by atoms with Gasteiger partial charge in [0, 0.05) is 4.91 Å². The molecule has 1 aromatic rings. The summed E-state index contributed by atoms with van der Waals surface area (Å²) in [5.74, 6) is 1.000. The number of rotatable bonds is 13. The molecule has 0 aliphatic heterocycles. The smallest absolute Gasteiger partial charge is 0.309 e. The highest BCUT2D eigenvalue weighted by Gasteiger charge is 2.15. The molecule has 1 aromatic carbocycles. The predicted molar refractivity (Wildman–Crippen MR) is 115 cm³/mol. The Kier molecular flexibility index (Phi) is 12.2. The summed E-state index contributed by atoms with van der Waals surface area (Å²) in [6, 6.07) is 8.71. The number of ether oxygens (including phenoxy) is 1. The maximum Gasteiger partial charge on any atom is 0.309 e. The molecule has 146 valence electrons. The van der Waals surface area contributed by atoms with Gasteiger partial charge in [-0.25, -0.2) is 0 Å². The molecule has 2 nitrogen and oxygen atoms in total. The summed E-state index contributed by atoms with van der Waals surface area (Å²) in [6.07, 6.45) is 8.66. The molecule has 0 aliphatic carbocycles.